The van der Waals surface area contributed by atoms with Crippen LogP contribution in [0.15, 0.2) is 30.3 Å². The van der Waals surface area contributed by atoms with E-state index in [4.69, 9.17) is 17.2 Å². The molecule has 0 saturated heterocycles. The van der Waals surface area contributed by atoms with Gasteiger partial charge >= 0.3 is 5.97 Å². The zero-order valence-electron chi connectivity index (χ0n) is 21.2. The third-order valence-corrected chi connectivity index (χ3v) is 6.14. The van der Waals surface area contributed by atoms with Gasteiger partial charge in [-0.25, -0.2) is 4.79 Å². The molecule has 0 aromatic heterocycles. The lowest BCUT2D eigenvalue weighted by atomic mass is 10.0. The molecule has 0 spiro atoms. The number of aliphatic carboxylic acids is 1. The van der Waals surface area contributed by atoms with Crippen LogP contribution in [0.2, 0.25) is 0 Å². The molecule has 10 N–H and O–H groups in total. The number of amides is 5. The molecule has 1 aromatic carbocycles. The number of nitrogens with one attached hydrogen (secondary N) is 3. The Balaban J connectivity index is 3.11. The van der Waals surface area contributed by atoms with Gasteiger partial charge in [-0.15, -0.1) is 0 Å². The summed E-state index contributed by atoms with van der Waals surface area (Å²) in [5.74, 6) is -4.38. The fraction of sp³-hybridized carbons (Fsp3) is 0.500. The topological polar surface area (TPSA) is 237 Å². The molecule has 38 heavy (non-hydrogen) atoms. The number of carbonyl (C=O) groups excluding carboxylic acids is 5. The molecule has 4 atom stereocenters. The van der Waals surface area contributed by atoms with Crippen LogP contribution in [0.1, 0.15) is 37.7 Å². The third kappa shape index (κ3) is 12.5. The molecule has 1 aromatic rings. The number of rotatable bonds is 18. The standard InChI is InChI=1S/C24H36N6O7S/c1-38-12-11-17(24(36)37)29-23(35)18(13-14-5-3-2-4-6-14)30-22(34)16(8-10-20(27)32)28-21(33)15(25)7-9-19(26)31/h2-6,15-18H,7-13,25H2,1H3,(H2,26,31)(H2,27,32)(H,28,33)(H,29,35)(H,30,34)(H,36,37). The number of carboxylic acids is 1. The van der Waals surface area contributed by atoms with Gasteiger partial charge in [0.25, 0.3) is 0 Å². The van der Waals surface area contributed by atoms with Gasteiger partial charge in [-0.3, -0.25) is 24.0 Å². The Kier molecular flexibility index (Phi) is 14.5. The van der Waals surface area contributed by atoms with Crippen molar-refractivity contribution in [1.29, 1.82) is 0 Å². The maximum atomic E-state index is 13.2. The van der Waals surface area contributed by atoms with Gasteiger partial charge < -0.3 is 38.3 Å². The highest BCUT2D eigenvalue weighted by atomic mass is 32.2. The van der Waals surface area contributed by atoms with E-state index in [9.17, 15) is 33.9 Å². The molecule has 0 heterocycles. The van der Waals surface area contributed by atoms with Crippen LogP contribution < -0.4 is 33.2 Å². The summed E-state index contributed by atoms with van der Waals surface area (Å²) in [6.07, 6.45) is 1.38. The van der Waals surface area contributed by atoms with Crippen LogP contribution in [0.5, 0.6) is 0 Å². The second-order valence-corrected chi connectivity index (χ2v) is 9.60. The van der Waals surface area contributed by atoms with Crippen molar-refractivity contribution in [3.63, 3.8) is 0 Å². The van der Waals surface area contributed by atoms with Gasteiger partial charge in [-0.05, 0) is 36.8 Å². The lowest BCUT2D eigenvalue weighted by molar-refractivity contribution is -0.142. The molecule has 4 unspecified atom stereocenters. The van der Waals surface area contributed by atoms with E-state index < -0.39 is 59.7 Å². The maximum absolute atomic E-state index is 13.2. The number of benzene rings is 1. The van der Waals surface area contributed by atoms with Crippen LogP contribution in [0.3, 0.4) is 0 Å². The van der Waals surface area contributed by atoms with Crippen molar-refractivity contribution in [2.75, 3.05) is 12.0 Å². The second kappa shape index (κ2) is 17.0. The fourth-order valence-corrected chi connectivity index (χ4v) is 3.83. The number of hydrogen-bond acceptors (Lipinski definition) is 8. The number of primary amides is 2. The summed E-state index contributed by atoms with van der Waals surface area (Å²) in [6, 6.07) is 3.93. The van der Waals surface area contributed by atoms with E-state index in [1.54, 1.807) is 36.6 Å². The Morgan fingerprint density at radius 2 is 1.32 bits per heavy atom. The molecule has 5 amide bonds. The summed E-state index contributed by atoms with van der Waals surface area (Å²) in [5, 5.41) is 16.9. The lowest BCUT2D eigenvalue weighted by Gasteiger charge is -2.25. The van der Waals surface area contributed by atoms with E-state index in [0.29, 0.717) is 11.3 Å². The number of carboxylic acid groups (broad SMARTS) is 1. The molecule has 1 rings (SSSR count). The minimum absolute atomic E-state index is 0.0297. The molecule has 0 bridgehead atoms. The van der Waals surface area contributed by atoms with Crippen LogP contribution in [0.25, 0.3) is 0 Å². The summed E-state index contributed by atoms with van der Waals surface area (Å²) in [4.78, 5) is 72.8. The van der Waals surface area contributed by atoms with Crippen molar-refractivity contribution in [2.24, 2.45) is 17.2 Å². The van der Waals surface area contributed by atoms with Crippen molar-refractivity contribution in [3.8, 4) is 0 Å². The van der Waals surface area contributed by atoms with Crippen LogP contribution in [-0.2, 0) is 35.2 Å². The first-order valence-electron chi connectivity index (χ1n) is 11.9. The predicted molar refractivity (Wildman–Crippen MR) is 141 cm³/mol. The minimum Gasteiger partial charge on any atom is -0.480 e. The van der Waals surface area contributed by atoms with Crippen molar-refractivity contribution >= 4 is 47.3 Å². The highest BCUT2D eigenvalue weighted by Crippen LogP contribution is 2.08. The Bertz CT molecular complexity index is 978. The van der Waals surface area contributed by atoms with E-state index in [-0.39, 0.29) is 38.5 Å². The first-order valence-corrected chi connectivity index (χ1v) is 13.3. The Hall–Kier alpha value is -3.65. The highest BCUT2D eigenvalue weighted by molar-refractivity contribution is 7.98. The molecule has 0 fully saturated rings. The Morgan fingerprint density at radius 3 is 1.87 bits per heavy atom. The first kappa shape index (κ1) is 32.4. The predicted octanol–water partition coefficient (Wildman–Crippen LogP) is -1.62. The van der Waals surface area contributed by atoms with E-state index in [0.717, 1.165) is 0 Å². The fourth-order valence-electron chi connectivity index (χ4n) is 3.36. The molecule has 0 radical (unpaired) electrons. The molecule has 14 heteroatoms. The summed E-state index contributed by atoms with van der Waals surface area (Å²) in [7, 11) is 0. The monoisotopic (exact) mass is 552 g/mol. The van der Waals surface area contributed by atoms with Crippen molar-refractivity contribution in [2.45, 2.75) is 62.7 Å². The Labute approximate surface area is 225 Å². The second-order valence-electron chi connectivity index (χ2n) is 8.61. The first-order chi connectivity index (χ1) is 17.9. The highest BCUT2D eigenvalue weighted by Gasteiger charge is 2.30. The van der Waals surface area contributed by atoms with E-state index in [1.165, 1.54) is 11.8 Å². The van der Waals surface area contributed by atoms with Gasteiger partial charge in [0, 0.05) is 19.3 Å². The van der Waals surface area contributed by atoms with Gasteiger partial charge in [0.15, 0.2) is 0 Å². The normalized spacial score (nSPS) is 13.8. The summed E-state index contributed by atoms with van der Waals surface area (Å²) in [6.45, 7) is 0. The average molecular weight is 553 g/mol. The average Bonchev–Trinajstić information content (AvgIpc) is 2.86. The molecular weight excluding hydrogens is 516 g/mol. The van der Waals surface area contributed by atoms with Crippen molar-refractivity contribution in [3.05, 3.63) is 35.9 Å². The zero-order valence-corrected chi connectivity index (χ0v) is 22.0. The van der Waals surface area contributed by atoms with Crippen molar-refractivity contribution < 1.29 is 33.9 Å². The van der Waals surface area contributed by atoms with Crippen LogP contribution in [-0.4, -0.2) is 76.8 Å². The molecule has 0 aliphatic carbocycles. The SMILES string of the molecule is CSCCC(NC(=O)C(Cc1ccccc1)NC(=O)C(CCC(N)=O)NC(=O)C(N)CCC(N)=O)C(=O)O. The van der Waals surface area contributed by atoms with Gasteiger partial charge in [-0.1, -0.05) is 30.3 Å². The minimum atomic E-state index is -1.28. The van der Waals surface area contributed by atoms with E-state index in [1.807, 2.05) is 0 Å². The molecule has 210 valence electrons. The quantitative estimate of drug-likeness (QED) is 0.111. The molecular formula is C24H36N6O7S. The maximum Gasteiger partial charge on any atom is 0.326 e. The van der Waals surface area contributed by atoms with E-state index in [2.05, 4.69) is 16.0 Å². The Morgan fingerprint density at radius 1 is 0.789 bits per heavy atom. The number of nitrogens with two attached hydrogens (primary N) is 3. The molecule has 0 aliphatic heterocycles. The van der Waals surface area contributed by atoms with Gasteiger partial charge in [0.2, 0.25) is 29.5 Å². The number of carbonyl (C=O) groups is 6. The molecule has 0 saturated carbocycles. The van der Waals surface area contributed by atoms with Crippen molar-refractivity contribution in [1.82, 2.24) is 16.0 Å². The lowest BCUT2D eigenvalue weighted by Crippen LogP contribution is -2.57. The largest absolute Gasteiger partial charge is 0.480 e. The number of thioether (sulfide) groups is 1. The zero-order chi connectivity index (χ0) is 28.7. The van der Waals surface area contributed by atoms with Crippen LogP contribution in [0.4, 0.5) is 0 Å². The molecule has 0 aliphatic rings. The van der Waals surface area contributed by atoms with Gasteiger partial charge in [0.05, 0.1) is 6.04 Å². The molecule has 13 nitrogen and oxygen atoms in total. The van der Waals surface area contributed by atoms with Crippen LogP contribution >= 0.6 is 11.8 Å². The summed E-state index contributed by atoms with van der Waals surface area (Å²) in [5.41, 5.74) is 16.8. The van der Waals surface area contributed by atoms with E-state index >= 15 is 0 Å². The van der Waals surface area contributed by atoms with Gasteiger partial charge in [-0.2, -0.15) is 11.8 Å². The van der Waals surface area contributed by atoms with Crippen LogP contribution in [0, 0.1) is 0 Å². The summed E-state index contributed by atoms with van der Waals surface area (Å²) >= 11 is 1.42. The summed E-state index contributed by atoms with van der Waals surface area (Å²) < 4.78 is 0. The number of hydrogen-bond donors (Lipinski definition) is 7. The smallest absolute Gasteiger partial charge is 0.326 e. The third-order valence-electron chi connectivity index (χ3n) is 5.49. The van der Waals surface area contributed by atoms with Gasteiger partial charge in [0.1, 0.15) is 18.1 Å².